The molecule has 0 aliphatic carbocycles. The Labute approximate surface area is 149 Å². The maximum Gasteiger partial charge on any atom is 0.277 e. The number of rotatable bonds is 5. The number of hydrogen-bond donors (Lipinski definition) is 0. The van der Waals surface area contributed by atoms with Gasteiger partial charge in [0, 0.05) is 5.56 Å². The fraction of sp³-hybridized carbons (Fsp3) is 0.211. The van der Waals surface area contributed by atoms with Gasteiger partial charge in [-0.25, -0.2) is 4.39 Å². The second-order valence-electron chi connectivity index (χ2n) is 5.78. The molecule has 128 valence electrons. The number of carbonyl (C=O) groups is 1. The number of thioether (sulfide) groups is 1. The SMILES string of the molecule is Cc1ccc(C(=O)[C@H](C)Sc2nnc(-c3ccccc3F)o2)cc1C. The number of hydrogen-bond acceptors (Lipinski definition) is 5. The zero-order valence-electron chi connectivity index (χ0n) is 14.1. The van der Waals surface area contributed by atoms with E-state index in [2.05, 4.69) is 10.2 Å². The van der Waals surface area contributed by atoms with Crippen molar-refractivity contribution in [2.75, 3.05) is 0 Å². The molecule has 1 heterocycles. The van der Waals surface area contributed by atoms with E-state index in [1.807, 2.05) is 32.0 Å². The van der Waals surface area contributed by atoms with Gasteiger partial charge in [-0.3, -0.25) is 4.79 Å². The highest BCUT2D eigenvalue weighted by atomic mass is 32.2. The highest BCUT2D eigenvalue weighted by molar-refractivity contribution is 8.00. The molecule has 0 N–H and O–H groups in total. The summed E-state index contributed by atoms with van der Waals surface area (Å²) >= 11 is 1.17. The summed E-state index contributed by atoms with van der Waals surface area (Å²) in [6.07, 6.45) is 0. The average Bonchev–Trinajstić information content (AvgIpc) is 3.05. The maximum absolute atomic E-state index is 13.8. The molecular formula is C19H17FN2O2S. The lowest BCUT2D eigenvalue weighted by Gasteiger charge is -2.09. The Kier molecular flexibility index (Phi) is 4.99. The van der Waals surface area contributed by atoms with Crippen molar-refractivity contribution < 1.29 is 13.6 Å². The molecule has 0 fully saturated rings. The topological polar surface area (TPSA) is 56.0 Å². The van der Waals surface area contributed by atoms with Gasteiger partial charge in [0.25, 0.3) is 11.1 Å². The number of benzene rings is 2. The van der Waals surface area contributed by atoms with Gasteiger partial charge in [-0.05, 0) is 50.1 Å². The number of nitrogens with zero attached hydrogens (tertiary/aromatic N) is 2. The van der Waals surface area contributed by atoms with Crippen LogP contribution in [0, 0.1) is 19.7 Å². The standard InChI is InChI=1S/C19H17FN2O2S/c1-11-8-9-14(10-12(11)2)17(23)13(3)25-19-22-21-18(24-19)15-6-4-5-7-16(15)20/h4-10,13H,1-3H3/t13-/m0/s1. The molecule has 3 aromatic rings. The number of carbonyl (C=O) groups excluding carboxylic acids is 1. The minimum Gasteiger partial charge on any atom is -0.411 e. The van der Waals surface area contributed by atoms with E-state index in [0.29, 0.717) is 5.56 Å². The van der Waals surface area contributed by atoms with Gasteiger partial charge in [-0.1, -0.05) is 36.0 Å². The van der Waals surface area contributed by atoms with Crippen molar-refractivity contribution >= 4 is 17.5 Å². The molecule has 6 heteroatoms. The second kappa shape index (κ2) is 7.19. The highest BCUT2D eigenvalue weighted by Gasteiger charge is 2.21. The quantitative estimate of drug-likeness (QED) is 0.483. The fourth-order valence-corrected chi connectivity index (χ4v) is 3.10. The predicted octanol–water partition coefficient (Wildman–Crippen LogP) is 4.86. The zero-order valence-corrected chi connectivity index (χ0v) is 14.9. The highest BCUT2D eigenvalue weighted by Crippen LogP contribution is 2.29. The molecule has 0 spiro atoms. The van der Waals surface area contributed by atoms with Crippen LogP contribution in [0.1, 0.15) is 28.4 Å². The minimum absolute atomic E-state index is 0.0151. The summed E-state index contributed by atoms with van der Waals surface area (Å²) in [4.78, 5) is 12.6. The summed E-state index contributed by atoms with van der Waals surface area (Å²) in [5.41, 5.74) is 3.11. The lowest BCUT2D eigenvalue weighted by molar-refractivity contribution is 0.0993. The van der Waals surface area contributed by atoms with Crippen LogP contribution < -0.4 is 0 Å². The monoisotopic (exact) mass is 356 g/mol. The molecule has 1 atom stereocenters. The largest absolute Gasteiger partial charge is 0.411 e. The average molecular weight is 356 g/mol. The smallest absolute Gasteiger partial charge is 0.277 e. The van der Waals surface area contributed by atoms with Gasteiger partial charge in [0.05, 0.1) is 10.8 Å². The molecule has 0 saturated heterocycles. The molecule has 1 aromatic heterocycles. The first-order valence-electron chi connectivity index (χ1n) is 7.82. The number of halogens is 1. The van der Waals surface area contributed by atoms with Crippen molar-refractivity contribution in [2.24, 2.45) is 0 Å². The van der Waals surface area contributed by atoms with Gasteiger partial charge in [-0.2, -0.15) is 0 Å². The molecule has 2 aromatic carbocycles. The second-order valence-corrected chi connectivity index (χ2v) is 7.07. The van der Waals surface area contributed by atoms with E-state index in [4.69, 9.17) is 4.42 Å². The number of Topliss-reactive ketones (excluding diaryl/α,β-unsaturated/α-hetero) is 1. The third-order valence-electron chi connectivity index (χ3n) is 3.95. The van der Waals surface area contributed by atoms with Crippen LogP contribution >= 0.6 is 11.8 Å². The molecule has 0 saturated carbocycles. The van der Waals surface area contributed by atoms with E-state index in [0.717, 1.165) is 11.1 Å². The van der Waals surface area contributed by atoms with E-state index in [1.165, 1.54) is 17.8 Å². The lowest BCUT2D eigenvalue weighted by atomic mass is 10.0. The van der Waals surface area contributed by atoms with Crippen LogP contribution in [0.5, 0.6) is 0 Å². The Hall–Kier alpha value is -2.47. The summed E-state index contributed by atoms with van der Waals surface area (Å²) in [6.45, 7) is 5.77. The van der Waals surface area contributed by atoms with Crippen LogP contribution in [0.2, 0.25) is 0 Å². The third kappa shape index (κ3) is 3.79. The van der Waals surface area contributed by atoms with Crippen LogP contribution in [-0.4, -0.2) is 21.2 Å². The third-order valence-corrected chi connectivity index (χ3v) is 4.88. The van der Waals surface area contributed by atoms with E-state index in [1.54, 1.807) is 25.1 Å². The van der Waals surface area contributed by atoms with E-state index >= 15 is 0 Å². The maximum atomic E-state index is 13.8. The van der Waals surface area contributed by atoms with Crippen molar-refractivity contribution in [3.8, 4) is 11.5 Å². The summed E-state index contributed by atoms with van der Waals surface area (Å²) in [5, 5.41) is 7.62. The summed E-state index contributed by atoms with van der Waals surface area (Å²) in [7, 11) is 0. The Morgan fingerprint density at radius 2 is 1.88 bits per heavy atom. The molecule has 0 aliphatic heterocycles. The Morgan fingerprint density at radius 1 is 1.12 bits per heavy atom. The molecule has 25 heavy (non-hydrogen) atoms. The number of ketones is 1. The normalized spacial score (nSPS) is 12.2. The minimum atomic E-state index is -0.429. The Bertz CT molecular complexity index is 923. The van der Waals surface area contributed by atoms with Gasteiger partial charge < -0.3 is 4.42 Å². The van der Waals surface area contributed by atoms with Crippen molar-refractivity contribution in [1.82, 2.24) is 10.2 Å². The van der Waals surface area contributed by atoms with Crippen LogP contribution in [0.4, 0.5) is 4.39 Å². The van der Waals surface area contributed by atoms with Gasteiger partial charge in [0.1, 0.15) is 5.82 Å². The van der Waals surface area contributed by atoms with Crippen LogP contribution in [0.25, 0.3) is 11.5 Å². The first kappa shape index (κ1) is 17.4. The molecule has 0 amide bonds. The van der Waals surface area contributed by atoms with E-state index < -0.39 is 11.1 Å². The predicted molar refractivity (Wildman–Crippen MR) is 95.3 cm³/mol. The fourth-order valence-electron chi connectivity index (χ4n) is 2.34. The molecule has 0 bridgehead atoms. The van der Waals surface area contributed by atoms with Crippen molar-refractivity contribution in [1.29, 1.82) is 0 Å². The Morgan fingerprint density at radius 3 is 2.60 bits per heavy atom. The zero-order chi connectivity index (χ0) is 18.0. The molecule has 0 radical (unpaired) electrons. The van der Waals surface area contributed by atoms with Gasteiger partial charge in [0.15, 0.2) is 5.78 Å². The summed E-state index contributed by atoms with van der Waals surface area (Å²) in [6, 6.07) is 11.8. The first-order valence-corrected chi connectivity index (χ1v) is 8.70. The summed E-state index contributed by atoms with van der Waals surface area (Å²) < 4.78 is 19.3. The molecule has 0 aliphatic rings. The number of aromatic nitrogens is 2. The van der Waals surface area contributed by atoms with Crippen molar-refractivity contribution in [3.63, 3.8) is 0 Å². The Balaban J connectivity index is 1.75. The molecule has 0 unspecified atom stereocenters. The summed E-state index contributed by atoms with van der Waals surface area (Å²) in [5.74, 6) is -0.341. The molecule has 3 rings (SSSR count). The van der Waals surface area contributed by atoms with Crippen molar-refractivity contribution in [2.45, 2.75) is 31.2 Å². The number of aryl methyl sites for hydroxylation is 2. The molecular weight excluding hydrogens is 339 g/mol. The van der Waals surface area contributed by atoms with Gasteiger partial charge >= 0.3 is 0 Å². The first-order chi connectivity index (χ1) is 12.0. The van der Waals surface area contributed by atoms with Gasteiger partial charge in [-0.15, -0.1) is 10.2 Å². The van der Waals surface area contributed by atoms with Gasteiger partial charge in [0.2, 0.25) is 0 Å². The molecule has 4 nitrogen and oxygen atoms in total. The van der Waals surface area contributed by atoms with E-state index in [-0.39, 0.29) is 22.5 Å². The van der Waals surface area contributed by atoms with Crippen LogP contribution in [-0.2, 0) is 0 Å². The van der Waals surface area contributed by atoms with Crippen molar-refractivity contribution in [3.05, 3.63) is 65.0 Å². The van der Waals surface area contributed by atoms with Crippen LogP contribution in [0.15, 0.2) is 52.1 Å². The van der Waals surface area contributed by atoms with E-state index in [9.17, 15) is 9.18 Å². The van der Waals surface area contributed by atoms with Crippen LogP contribution in [0.3, 0.4) is 0 Å². The lowest BCUT2D eigenvalue weighted by Crippen LogP contribution is -2.13.